The lowest BCUT2D eigenvalue weighted by molar-refractivity contribution is -0.0691. The third-order valence-corrected chi connectivity index (χ3v) is 10.4. The number of hydrogen-bond donors (Lipinski definition) is 1. The Morgan fingerprint density at radius 3 is 2.59 bits per heavy atom. The molecular weight excluding hydrogens is 352 g/mol. The molecule has 1 heteroatoms. The van der Waals surface area contributed by atoms with Gasteiger partial charge in [-0.1, -0.05) is 51.0 Å². The molecule has 3 fully saturated rings. The SMILES string of the molecule is CC(C)=CCCC(C)(C)[C@H]1CC[C@H]2[C@@H]3CC=C4C[C@@H](O)CC[C@]4(C)[C@H]3CC[C@]12C. The molecule has 0 saturated heterocycles. The zero-order valence-corrected chi connectivity index (χ0v) is 20.1. The summed E-state index contributed by atoms with van der Waals surface area (Å²) in [6.07, 6.45) is 17.7. The van der Waals surface area contributed by atoms with Gasteiger partial charge in [-0.15, -0.1) is 0 Å². The van der Waals surface area contributed by atoms with Crippen LogP contribution < -0.4 is 0 Å². The highest BCUT2D eigenvalue weighted by molar-refractivity contribution is 5.25. The van der Waals surface area contributed by atoms with Gasteiger partial charge >= 0.3 is 0 Å². The molecule has 4 aliphatic rings. The first-order valence-electron chi connectivity index (χ1n) is 12.6. The Bertz CT molecular complexity index is 680. The Balaban J connectivity index is 1.55. The highest BCUT2D eigenvalue weighted by Gasteiger charge is 2.60. The molecule has 0 aliphatic heterocycles. The molecule has 4 rings (SSSR count). The van der Waals surface area contributed by atoms with Crippen LogP contribution in [-0.2, 0) is 0 Å². The maximum Gasteiger partial charge on any atom is 0.0577 e. The van der Waals surface area contributed by atoms with Gasteiger partial charge in [0.25, 0.3) is 0 Å². The molecule has 0 radical (unpaired) electrons. The summed E-state index contributed by atoms with van der Waals surface area (Å²) in [7, 11) is 0. The van der Waals surface area contributed by atoms with E-state index in [-0.39, 0.29) is 6.10 Å². The van der Waals surface area contributed by atoms with Crippen molar-refractivity contribution >= 4 is 0 Å². The first-order valence-corrected chi connectivity index (χ1v) is 12.6. The van der Waals surface area contributed by atoms with E-state index in [9.17, 15) is 5.11 Å². The predicted molar refractivity (Wildman–Crippen MR) is 124 cm³/mol. The van der Waals surface area contributed by atoms with Crippen LogP contribution in [0.2, 0.25) is 0 Å². The number of aliphatic hydroxyl groups excluding tert-OH is 1. The van der Waals surface area contributed by atoms with Crippen molar-refractivity contribution < 1.29 is 5.11 Å². The van der Waals surface area contributed by atoms with Crippen LogP contribution in [0.3, 0.4) is 0 Å². The second kappa shape index (κ2) is 7.54. The number of fused-ring (bicyclic) bond motifs is 5. The van der Waals surface area contributed by atoms with E-state index in [1.807, 2.05) is 0 Å². The summed E-state index contributed by atoms with van der Waals surface area (Å²) in [4.78, 5) is 0. The van der Waals surface area contributed by atoms with Gasteiger partial charge in [-0.2, -0.15) is 0 Å². The Morgan fingerprint density at radius 1 is 1.10 bits per heavy atom. The van der Waals surface area contributed by atoms with E-state index in [1.165, 1.54) is 56.9 Å². The van der Waals surface area contributed by atoms with Crippen LogP contribution in [0.1, 0.15) is 106 Å². The Kier molecular flexibility index (Phi) is 5.63. The molecule has 0 aromatic heterocycles. The Hall–Kier alpha value is -0.560. The number of aliphatic hydroxyl groups is 1. The standard InChI is InChI=1S/C28H46O/c1-19(2)8-7-15-26(3,4)25-12-11-23-22-10-9-20-18-21(29)13-16-27(20,5)24(22)14-17-28(23,25)6/h8-9,21-25,29H,7,10-18H2,1-6H3/t21-,22-,23-,24-,25+,27-,28-/m0/s1. The van der Waals surface area contributed by atoms with Crippen LogP contribution in [0.15, 0.2) is 23.3 Å². The summed E-state index contributed by atoms with van der Waals surface area (Å²) in [6, 6.07) is 0. The number of rotatable bonds is 4. The second-order valence-corrected chi connectivity index (χ2v) is 12.6. The molecule has 164 valence electrons. The molecule has 0 aromatic rings. The van der Waals surface area contributed by atoms with Gasteiger partial charge in [0.1, 0.15) is 0 Å². The molecule has 3 saturated carbocycles. The van der Waals surface area contributed by atoms with Crippen LogP contribution in [0.5, 0.6) is 0 Å². The molecule has 7 atom stereocenters. The smallest absolute Gasteiger partial charge is 0.0577 e. The maximum atomic E-state index is 10.2. The number of allylic oxidation sites excluding steroid dienone is 3. The van der Waals surface area contributed by atoms with Gasteiger partial charge < -0.3 is 5.11 Å². The summed E-state index contributed by atoms with van der Waals surface area (Å²) in [5, 5.41) is 10.2. The zero-order chi connectivity index (χ0) is 21.0. The fourth-order valence-corrected chi connectivity index (χ4v) is 8.83. The summed E-state index contributed by atoms with van der Waals surface area (Å²) >= 11 is 0. The van der Waals surface area contributed by atoms with Crippen molar-refractivity contribution in [3.8, 4) is 0 Å². The lowest BCUT2D eigenvalue weighted by Crippen LogP contribution is -2.51. The lowest BCUT2D eigenvalue weighted by Gasteiger charge is -2.59. The minimum Gasteiger partial charge on any atom is -0.393 e. The van der Waals surface area contributed by atoms with Crippen LogP contribution in [0, 0.1) is 39.9 Å². The predicted octanol–water partition coefficient (Wildman–Crippen LogP) is 7.70. The highest BCUT2D eigenvalue weighted by atomic mass is 16.3. The molecule has 4 aliphatic carbocycles. The van der Waals surface area contributed by atoms with E-state index in [0.29, 0.717) is 16.2 Å². The van der Waals surface area contributed by atoms with Crippen molar-refractivity contribution in [3.63, 3.8) is 0 Å². The third-order valence-electron chi connectivity index (χ3n) is 10.4. The molecule has 0 heterocycles. The largest absolute Gasteiger partial charge is 0.393 e. The number of hydrogen-bond acceptors (Lipinski definition) is 1. The summed E-state index contributed by atoms with van der Waals surface area (Å²) < 4.78 is 0. The van der Waals surface area contributed by atoms with Gasteiger partial charge in [0.05, 0.1) is 6.10 Å². The fourth-order valence-electron chi connectivity index (χ4n) is 8.83. The van der Waals surface area contributed by atoms with E-state index in [2.05, 4.69) is 53.7 Å². The van der Waals surface area contributed by atoms with Gasteiger partial charge in [0.15, 0.2) is 0 Å². The fraction of sp³-hybridized carbons (Fsp3) is 0.857. The Morgan fingerprint density at radius 2 is 1.86 bits per heavy atom. The van der Waals surface area contributed by atoms with E-state index in [1.54, 1.807) is 5.57 Å². The van der Waals surface area contributed by atoms with Crippen LogP contribution in [0.25, 0.3) is 0 Å². The topological polar surface area (TPSA) is 20.2 Å². The minimum absolute atomic E-state index is 0.0859. The molecule has 0 aromatic carbocycles. The molecule has 1 N–H and O–H groups in total. The molecule has 29 heavy (non-hydrogen) atoms. The van der Waals surface area contributed by atoms with Crippen LogP contribution in [-0.4, -0.2) is 11.2 Å². The molecule has 0 amide bonds. The van der Waals surface area contributed by atoms with E-state index < -0.39 is 0 Å². The van der Waals surface area contributed by atoms with E-state index >= 15 is 0 Å². The van der Waals surface area contributed by atoms with Crippen molar-refractivity contribution in [2.75, 3.05) is 0 Å². The molecule has 0 unspecified atom stereocenters. The molecular formula is C28H46O. The molecule has 0 spiro atoms. The summed E-state index contributed by atoms with van der Waals surface area (Å²) in [5.41, 5.74) is 4.42. The highest BCUT2D eigenvalue weighted by Crippen LogP contribution is 2.68. The first-order chi connectivity index (χ1) is 13.6. The average Bonchev–Trinajstić information content (AvgIpc) is 3.00. The zero-order valence-electron chi connectivity index (χ0n) is 20.1. The van der Waals surface area contributed by atoms with Crippen molar-refractivity contribution in [3.05, 3.63) is 23.3 Å². The van der Waals surface area contributed by atoms with Crippen molar-refractivity contribution in [2.24, 2.45) is 39.9 Å². The van der Waals surface area contributed by atoms with Gasteiger partial charge in [0, 0.05) is 0 Å². The molecule has 1 nitrogen and oxygen atoms in total. The Labute approximate surface area is 180 Å². The van der Waals surface area contributed by atoms with Gasteiger partial charge in [-0.3, -0.25) is 0 Å². The van der Waals surface area contributed by atoms with E-state index in [0.717, 1.165) is 36.5 Å². The third kappa shape index (κ3) is 3.58. The average molecular weight is 399 g/mol. The first kappa shape index (κ1) is 21.7. The van der Waals surface area contributed by atoms with Gasteiger partial charge in [-0.05, 0) is 118 Å². The van der Waals surface area contributed by atoms with E-state index in [4.69, 9.17) is 0 Å². The summed E-state index contributed by atoms with van der Waals surface area (Å²) in [5.74, 6) is 3.53. The monoisotopic (exact) mass is 398 g/mol. The normalized spacial score (nSPS) is 44.4. The quantitative estimate of drug-likeness (QED) is 0.481. The van der Waals surface area contributed by atoms with Crippen molar-refractivity contribution in [1.82, 2.24) is 0 Å². The van der Waals surface area contributed by atoms with Crippen LogP contribution >= 0.6 is 0 Å². The summed E-state index contributed by atoms with van der Waals surface area (Å²) in [6.45, 7) is 14.8. The lowest BCUT2D eigenvalue weighted by atomic mass is 9.46. The maximum absolute atomic E-state index is 10.2. The molecule has 0 bridgehead atoms. The van der Waals surface area contributed by atoms with Crippen molar-refractivity contribution in [1.29, 1.82) is 0 Å². The minimum atomic E-state index is -0.0859. The van der Waals surface area contributed by atoms with Gasteiger partial charge in [0.2, 0.25) is 0 Å². The van der Waals surface area contributed by atoms with Crippen molar-refractivity contribution in [2.45, 2.75) is 112 Å². The van der Waals surface area contributed by atoms with Gasteiger partial charge in [-0.25, -0.2) is 0 Å². The second-order valence-electron chi connectivity index (χ2n) is 12.6. The van der Waals surface area contributed by atoms with Crippen LogP contribution in [0.4, 0.5) is 0 Å².